The average molecular weight is 302 g/mol. The first-order valence-corrected chi connectivity index (χ1v) is 6.59. The van der Waals surface area contributed by atoms with E-state index in [0.717, 1.165) is 11.1 Å². The molecule has 2 aromatic carbocycles. The van der Waals surface area contributed by atoms with Gasteiger partial charge in [0, 0.05) is 5.56 Å². The van der Waals surface area contributed by atoms with E-state index < -0.39 is 0 Å². The third-order valence-electron chi connectivity index (χ3n) is 3.17. The fourth-order valence-corrected chi connectivity index (χ4v) is 2.14. The Morgan fingerprint density at radius 1 is 0.818 bits per heavy atom. The molecule has 2 aromatic rings. The van der Waals surface area contributed by atoms with Gasteiger partial charge < -0.3 is 24.4 Å². The summed E-state index contributed by atoms with van der Waals surface area (Å²) >= 11 is 0. The lowest BCUT2D eigenvalue weighted by Crippen LogP contribution is -1.91. The van der Waals surface area contributed by atoms with Crippen molar-refractivity contribution in [1.29, 1.82) is 0 Å². The van der Waals surface area contributed by atoms with Gasteiger partial charge in [0.25, 0.3) is 0 Å². The van der Waals surface area contributed by atoms with Crippen LogP contribution in [0.2, 0.25) is 0 Å². The molecule has 0 aliphatic carbocycles. The van der Waals surface area contributed by atoms with Crippen LogP contribution in [0.4, 0.5) is 0 Å². The molecule has 0 unspecified atom stereocenters. The maximum Gasteiger partial charge on any atom is 0.203 e. The van der Waals surface area contributed by atoms with Gasteiger partial charge in [0.15, 0.2) is 23.0 Å². The van der Waals surface area contributed by atoms with Gasteiger partial charge in [-0.2, -0.15) is 0 Å². The minimum atomic E-state index is -0.00984. The molecule has 0 saturated carbocycles. The molecule has 0 heterocycles. The van der Waals surface area contributed by atoms with E-state index in [1.165, 1.54) is 21.3 Å². The number of hydrogen-bond donors (Lipinski definition) is 2. The van der Waals surface area contributed by atoms with Crippen molar-refractivity contribution >= 4 is 12.2 Å². The third-order valence-corrected chi connectivity index (χ3v) is 3.17. The van der Waals surface area contributed by atoms with E-state index >= 15 is 0 Å². The van der Waals surface area contributed by atoms with Crippen molar-refractivity contribution < 1.29 is 24.4 Å². The number of ether oxygens (including phenoxy) is 3. The van der Waals surface area contributed by atoms with E-state index in [1.54, 1.807) is 36.4 Å². The first-order valence-electron chi connectivity index (χ1n) is 6.59. The molecule has 0 fully saturated rings. The van der Waals surface area contributed by atoms with Crippen molar-refractivity contribution in [1.82, 2.24) is 0 Å². The molecule has 2 rings (SSSR count). The molecule has 0 amide bonds. The Morgan fingerprint density at radius 2 is 1.55 bits per heavy atom. The molecule has 0 bridgehead atoms. The van der Waals surface area contributed by atoms with Gasteiger partial charge in [-0.15, -0.1) is 0 Å². The minimum absolute atomic E-state index is 0.00984. The second-order valence-corrected chi connectivity index (χ2v) is 4.51. The van der Waals surface area contributed by atoms with Crippen LogP contribution in [0.5, 0.6) is 28.7 Å². The number of phenols is 2. The fraction of sp³-hybridized carbons (Fsp3) is 0.176. The zero-order valence-electron chi connectivity index (χ0n) is 12.7. The monoisotopic (exact) mass is 302 g/mol. The van der Waals surface area contributed by atoms with E-state index in [2.05, 4.69) is 0 Å². The highest BCUT2D eigenvalue weighted by Crippen LogP contribution is 2.38. The number of benzene rings is 2. The van der Waals surface area contributed by atoms with Crippen LogP contribution in [0.3, 0.4) is 0 Å². The Labute approximate surface area is 129 Å². The van der Waals surface area contributed by atoms with Crippen molar-refractivity contribution in [2.45, 2.75) is 0 Å². The van der Waals surface area contributed by atoms with Gasteiger partial charge >= 0.3 is 0 Å². The maximum atomic E-state index is 9.94. The summed E-state index contributed by atoms with van der Waals surface area (Å²) in [5, 5.41) is 19.7. The lowest BCUT2D eigenvalue weighted by Gasteiger charge is -2.10. The molecule has 0 aromatic heterocycles. The predicted molar refractivity (Wildman–Crippen MR) is 84.8 cm³/mol. The minimum Gasteiger partial charge on any atom is -0.504 e. The van der Waals surface area contributed by atoms with Crippen molar-refractivity contribution in [2.75, 3.05) is 21.3 Å². The van der Waals surface area contributed by atoms with Crippen LogP contribution in [-0.2, 0) is 0 Å². The van der Waals surface area contributed by atoms with Gasteiger partial charge in [-0.05, 0) is 23.8 Å². The van der Waals surface area contributed by atoms with Gasteiger partial charge in [-0.25, -0.2) is 0 Å². The van der Waals surface area contributed by atoms with E-state index in [1.807, 2.05) is 6.07 Å². The summed E-state index contributed by atoms with van der Waals surface area (Å²) in [6.45, 7) is 0. The predicted octanol–water partition coefficient (Wildman–Crippen LogP) is 3.29. The summed E-state index contributed by atoms with van der Waals surface area (Å²) in [4.78, 5) is 0. The molecule has 22 heavy (non-hydrogen) atoms. The molecule has 0 aliphatic rings. The number of aromatic hydroxyl groups is 2. The number of methoxy groups -OCH3 is 3. The highest BCUT2D eigenvalue weighted by atomic mass is 16.5. The maximum absolute atomic E-state index is 9.94. The Bertz CT molecular complexity index is 692. The molecule has 0 saturated heterocycles. The van der Waals surface area contributed by atoms with Gasteiger partial charge in [-0.1, -0.05) is 24.3 Å². The van der Waals surface area contributed by atoms with Crippen molar-refractivity contribution in [3.63, 3.8) is 0 Å². The second kappa shape index (κ2) is 6.76. The molecule has 116 valence electrons. The van der Waals surface area contributed by atoms with E-state index in [9.17, 15) is 10.2 Å². The molecular weight excluding hydrogens is 284 g/mol. The normalized spacial score (nSPS) is 10.7. The van der Waals surface area contributed by atoms with E-state index in [0.29, 0.717) is 11.5 Å². The first-order chi connectivity index (χ1) is 10.6. The quantitative estimate of drug-likeness (QED) is 0.829. The Kier molecular flexibility index (Phi) is 4.78. The molecule has 0 atom stereocenters. The van der Waals surface area contributed by atoms with Crippen LogP contribution < -0.4 is 14.2 Å². The molecule has 5 nitrogen and oxygen atoms in total. The molecule has 5 heteroatoms. The summed E-state index contributed by atoms with van der Waals surface area (Å²) in [6.07, 6.45) is 3.55. The topological polar surface area (TPSA) is 68.2 Å². The average Bonchev–Trinajstić information content (AvgIpc) is 2.52. The molecule has 0 radical (unpaired) electrons. The lowest BCUT2D eigenvalue weighted by atomic mass is 10.1. The van der Waals surface area contributed by atoms with Gasteiger partial charge in [0.1, 0.15) is 0 Å². The van der Waals surface area contributed by atoms with Crippen molar-refractivity contribution in [3.05, 3.63) is 41.5 Å². The van der Waals surface area contributed by atoms with Crippen molar-refractivity contribution in [3.8, 4) is 28.7 Å². The van der Waals surface area contributed by atoms with Crippen LogP contribution >= 0.6 is 0 Å². The molecule has 0 spiro atoms. The Balaban J connectivity index is 2.39. The summed E-state index contributed by atoms with van der Waals surface area (Å²) in [7, 11) is 4.46. The highest BCUT2D eigenvalue weighted by molar-refractivity contribution is 5.76. The van der Waals surface area contributed by atoms with E-state index in [4.69, 9.17) is 14.2 Å². The molecule has 0 aliphatic heterocycles. The zero-order valence-corrected chi connectivity index (χ0v) is 12.7. The summed E-state index contributed by atoms with van der Waals surface area (Å²) in [5.74, 6) is 1.17. The van der Waals surface area contributed by atoms with Crippen LogP contribution in [0.25, 0.3) is 12.2 Å². The largest absolute Gasteiger partial charge is 0.504 e. The Hall–Kier alpha value is -2.82. The number of phenolic OH excluding ortho intramolecular Hbond substituents is 2. The SMILES string of the molecule is COc1cc(C=Cc2cccc(O)c2OC)cc(O)c1OC. The second-order valence-electron chi connectivity index (χ2n) is 4.51. The van der Waals surface area contributed by atoms with Crippen LogP contribution in [0, 0.1) is 0 Å². The zero-order chi connectivity index (χ0) is 16.1. The number of hydrogen-bond acceptors (Lipinski definition) is 5. The molecule has 2 N–H and O–H groups in total. The van der Waals surface area contributed by atoms with Crippen LogP contribution in [0.15, 0.2) is 30.3 Å². The van der Waals surface area contributed by atoms with Gasteiger partial charge in [-0.3, -0.25) is 0 Å². The first kappa shape index (κ1) is 15.6. The van der Waals surface area contributed by atoms with Crippen LogP contribution in [-0.4, -0.2) is 31.5 Å². The third kappa shape index (κ3) is 3.09. The summed E-state index contributed by atoms with van der Waals surface area (Å²) in [6, 6.07) is 8.40. The smallest absolute Gasteiger partial charge is 0.203 e. The van der Waals surface area contributed by atoms with Crippen molar-refractivity contribution in [2.24, 2.45) is 0 Å². The highest BCUT2D eigenvalue weighted by Gasteiger charge is 2.11. The molecular formula is C17H18O5. The standard InChI is InChI=1S/C17H18O5/c1-20-15-10-11(9-14(19)17(15)22-3)7-8-12-5-4-6-13(18)16(12)21-2/h4-10,18-19H,1-3H3. The summed E-state index contributed by atoms with van der Waals surface area (Å²) < 4.78 is 15.4. The van der Waals surface area contributed by atoms with Crippen LogP contribution in [0.1, 0.15) is 11.1 Å². The number of rotatable bonds is 5. The van der Waals surface area contributed by atoms with Gasteiger partial charge in [0.2, 0.25) is 5.75 Å². The lowest BCUT2D eigenvalue weighted by molar-refractivity contribution is 0.333. The van der Waals surface area contributed by atoms with E-state index in [-0.39, 0.29) is 17.2 Å². The fourth-order valence-electron chi connectivity index (χ4n) is 2.14. The van der Waals surface area contributed by atoms with Gasteiger partial charge in [0.05, 0.1) is 21.3 Å². The Morgan fingerprint density at radius 3 is 2.18 bits per heavy atom. The summed E-state index contributed by atoms with van der Waals surface area (Å²) in [5.41, 5.74) is 1.44. The number of para-hydroxylation sites is 1.